The molecule has 6 nitrogen and oxygen atoms in total. The molecule has 126 valence electrons. The molecule has 0 saturated heterocycles. The van der Waals surface area contributed by atoms with E-state index in [1.807, 2.05) is 11.4 Å². The normalized spacial score (nSPS) is 23.3. The number of nitrogens with one attached hydrogen (secondary N) is 1. The predicted molar refractivity (Wildman–Crippen MR) is 90.6 cm³/mol. The third kappa shape index (κ3) is 2.87. The van der Waals surface area contributed by atoms with E-state index in [-0.39, 0.29) is 19.1 Å². The summed E-state index contributed by atoms with van der Waals surface area (Å²) in [5.74, 6) is 0.726. The Morgan fingerprint density at radius 2 is 2.25 bits per heavy atom. The van der Waals surface area contributed by atoms with Crippen LogP contribution in [-0.2, 0) is 13.1 Å². The standard InChI is InChI=1S/C16H18FN5OS/c17-16(4-11(5-16)7-23)8-22-10-21-13-14(19-9-20-15(13)22)18-6-12-2-1-3-24-12/h1-3,9-11,23H,4-8H2,(H,18,19,20). The highest BCUT2D eigenvalue weighted by atomic mass is 32.1. The molecular formula is C16H18FN5OS. The van der Waals surface area contributed by atoms with Gasteiger partial charge in [0.1, 0.15) is 17.5 Å². The van der Waals surface area contributed by atoms with E-state index in [0.29, 0.717) is 36.4 Å². The number of fused-ring (bicyclic) bond motifs is 1. The van der Waals surface area contributed by atoms with Gasteiger partial charge in [-0.25, -0.2) is 19.3 Å². The molecule has 4 rings (SSSR count). The quantitative estimate of drug-likeness (QED) is 0.717. The fourth-order valence-corrected chi connectivity index (χ4v) is 3.89. The van der Waals surface area contributed by atoms with E-state index in [2.05, 4.69) is 26.3 Å². The number of aliphatic hydroxyl groups is 1. The Morgan fingerprint density at radius 1 is 1.38 bits per heavy atom. The van der Waals surface area contributed by atoms with Crippen LogP contribution in [0.4, 0.5) is 10.2 Å². The first-order chi connectivity index (χ1) is 11.7. The van der Waals surface area contributed by atoms with Gasteiger partial charge in [-0.1, -0.05) is 6.07 Å². The lowest BCUT2D eigenvalue weighted by Gasteiger charge is -2.40. The second-order valence-electron chi connectivity index (χ2n) is 6.31. The van der Waals surface area contributed by atoms with Gasteiger partial charge in [-0.15, -0.1) is 11.3 Å². The number of aromatic nitrogens is 4. The fraction of sp³-hybridized carbons (Fsp3) is 0.438. The third-order valence-electron chi connectivity index (χ3n) is 4.43. The van der Waals surface area contributed by atoms with Crippen molar-refractivity contribution in [3.05, 3.63) is 35.0 Å². The maximum absolute atomic E-state index is 14.7. The maximum Gasteiger partial charge on any atom is 0.165 e. The second-order valence-corrected chi connectivity index (χ2v) is 7.34. The van der Waals surface area contributed by atoms with Gasteiger partial charge in [0.15, 0.2) is 11.5 Å². The van der Waals surface area contributed by atoms with Crippen LogP contribution in [0.15, 0.2) is 30.2 Å². The number of aliphatic hydroxyl groups excluding tert-OH is 1. The number of nitrogens with zero attached hydrogens (tertiary/aromatic N) is 4. The molecule has 0 unspecified atom stereocenters. The van der Waals surface area contributed by atoms with Gasteiger partial charge in [0.25, 0.3) is 0 Å². The van der Waals surface area contributed by atoms with E-state index >= 15 is 0 Å². The van der Waals surface area contributed by atoms with Crippen LogP contribution in [0.3, 0.4) is 0 Å². The van der Waals surface area contributed by atoms with Crippen molar-refractivity contribution in [1.29, 1.82) is 0 Å². The zero-order valence-corrected chi connectivity index (χ0v) is 13.8. The molecule has 8 heteroatoms. The molecule has 1 aliphatic carbocycles. The van der Waals surface area contributed by atoms with Crippen LogP contribution in [0.25, 0.3) is 11.2 Å². The molecule has 0 radical (unpaired) electrons. The van der Waals surface area contributed by atoms with Gasteiger partial charge in [-0.2, -0.15) is 0 Å². The first-order valence-corrected chi connectivity index (χ1v) is 8.77. The van der Waals surface area contributed by atoms with Gasteiger partial charge in [0.2, 0.25) is 0 Å². The summed E-state index contributed by atoms with van der Waals surface area (Å²) in [7, 11) is 0. The topological polar surface area (TPSA) is 75.9 Å². The zero-order chi connectivity index (χ0) is 16.6. The molecule has 0 atom stereocenters. The van der Waals surface area contributed by atoms with E-state index in [4.69, 9.17) is 5.11 Å². The van der Waals surface area contributed by atoms with Crippen LogP contribution in [0.1, 0.15) is 17.7 Å². The van der Waals surface area contributed by atoms with Crippen molar-refractivity contribution in [3.63, 3.8) is 0 Å². The van der Waals surface area contributed by atoms with Crippen molar-refractivity contribution in [2.24, 2.45) is 5.92 Å². The van der Waals surface area contributed by atoms with E-state index in [1.54, 1.807) is 22.2 Å². The van der Waals surface area contributed by atoms with Crippen LogP contribution < -0.4 is 5.32 Å². The van der Waals surface area contributed by atoms with Crippen LogP contribution >= 0.6 is 11.3 Å². The summed E-state index contributed by atoms with van der Waals surface area (Å²) in [5, 5.41) is 14.4. The summed E-state index contributed by atoms with van der Waals surface area (Å²) in [6, 6.07) is 4.06. The Balaban J connectivity index is 1.53. The van der Waals surface area contributed by atoms with Crippen molar-refractivity contribution < 1.29 is 9.50 Å². The van der Waals surface area contributed by atoms with Gasteiger partial charge < -0.3 is 15.0 Å². The number of imidazole rings is 1. The van der Waals surface area contributed by atoms with Crippen molar-refractivity contribution >= 4 is 28.3 Å². The molecule has 3 heterocycles. The van der Waals surface area contributed by atoms with Crippen molar-refractivity contribution in [1.82, 2.24) is 19.5 Å². The van der Waals surface area contributed by atoms with Crippen LogP contribution in [0.2, 0.25) is 0 Å². The molecule has 0 amide bonds. The highest BCUT2D eigenvalue weighted by Crippen LogP contribution is 2.42. The number of thiophene rings is 1. The average molecular weight is 347 g/mol. The SMILES string of the molecule is OCC1CC(F)(Cn2cnc3c(NCc4cccs4)ncnc32)C1. The summed E-state index contributed by atoms with van der Waals surface area (Å²) >= 11 is 1.67. The monoisotopic (exact) mass is 347 g/mol. The first kappa shape index (κ1) is 15.5. The minimum absolute atomic E-state index is 0.0509. The summed E-state index contributed by atoms with van der Waals surface area (Å²) in [6.07, 6.45) is 3.86. The van der Waals surface area contributed by atoms with E-state index in [0.717, 1.165) is 0 Å². The van der Waals surface area contributed by atoms with Crippen LogP contribution in [-0.4, -0.2) is 36.9 Å². The Bertz CT molecular complexity index is 828. The van der Waals surface area contributed by atoms with Gasteiger partial charge in [-0.3, -0.25) is 0 Å². The molecule has 0 bridgehead atoms. The van der Waals surface area contributed by atoms with Crippen LogP contribution in [0, 0.1) is 5.92 Å². The minimum Gasteiger partial charge on any atom is -0.396 e. The highest BCUT2D eigenvalue weighted by molar-refractivity contribution is 7.09. The lowest BCUT2D eigenvalue weighted by molar-refractivity contribution is -0.0299. The van der Waals surface area contributed by atoms with Gasteiger partial charge in [-0.05, 0) is 30.2 Å². The number of rotatable bonds is 6. The Hall–Kier alpha value is -2.06. The number of hydrogen-bond donors (Lipinski definition) is 2. The lowest BCUT2D eigenvalue weighted by Crippen LogP contribution is -2.44. The first-order valence-electron chi connectivity index (χ1n) is 7.89. The highest BCUT2D eigenvalue weighted by Gasteiger charge is 2.44. The van der Waals surface area contributed by atoms with E-state index in [9.17, 15) is 4.39 Å². The molecule has 24 heavy (non-hydrogen) atoms. The number of alkyl halides is 1. The molecule has 0 spiro atoms. The fourth-order valence-electron chi connectivity index (χ4n) is 3.25. The zero-order valence-electron chi connectivity index (χ0n) is 13.0. The molecule has 1 saturated carbocycles. The number of anilines is 1. The second kappa shape index (κ2) is 6.10. The van der Waals surface area contributed by atoms with E-state index < -0.39 is 5.67 Å². The molecule has 2 N–H and O–H groups in total. The molecule has 1 fully saturated rings. The average Bonchev–Trinajstić information content (AvgIpc) is 3.20. The van der Waals surface area contributed by atoms with Crippen molar-refractivity contribution in [2.75, 3.05) is 11.9 Å². The van der Waals surface area contributed by atoms with Gasteiger partial charge in [0.05, 0.1) is 19.4 Å². The predicted octanol–water partition coefficient (Wildman–Crippen LogP) is 2.61. The largest absolute Gasteiger partial charge is 0.396 e. The smallest absolute Gasteiger partial charge is 0.165 e. The lowest BCUT2D eigenvalue weighted by atomic mass is 9.72. The molecule has 0 aromatic carbocycles. The minimum atomic E-state index is -1.28. The summed E-state index contributed by atoms with van der Waals surface area (Å²) in [5.41, 5.74) is -0.00451. The molecular weight excluding hydrogens is 329 g/mol. The molecule has 1 aliphatic rings. The number of hydrogen-bond acceptors (Lipinski definition) is 6. The number of halogens is 1. The Morgan fingerprint density at radius 3 is 3.00 bits per heavy atom. The van der Waals surface area contributed by atoms with Gasteiger partial charge >= 0.3 is 0 Å². The van der Waals surface area contributed by atoms with Crippen molar-refractivity contribution in [2.45, 2.75) is 31.6 Å². The third-order valence-corrected chi connectivity index (χ3v) is 5.31. The van der Waals surface area contributed by atoms with Crippen LogP contribution in [0.5, 0.6) is 0 Å². The Kier molecular flexibility index (Phi) is 3.93. The maximum atomic E-state index is 14.7. The Labute approximate surface area is 142 Å². The summed E-state index contributed by atoms with van der Waals surface area (Å²) in [6.45, 7) is 0.929. The molecule has 3 aromatic heterocycles. The van der Waals surface area contributed by atoms with Crippen molar-refractivity contribution in [3.8, 4) is 0 Å². The van der Waals surface area contributed by atoms with E-state index in [1.165, 1.54) is 11.2 Å². The molecule has 3 aromatic rings. The molecule has 0 aliphatic heterocycles. The van der Waals surface area contributed by atoms with Gasteiger partial charge in [0, 0.05) is 11.5 Å². The summed E-state index contributed by atoms with van der Waals surface area (Å²) in [4.78, 5) is 14.1. The summed E-state index contributed by atoms with van der Waals surface area (Å²) < 4.78 is 16.4.